The first kappa shape index (κ1) is 14.5. The lowest BCUT2D eigenvalue weighted by Gasteiger charge is -2.07. The van der Waals surface area contributed by atoms with Gasteiger partial charge in [-0.15, -0.1) is 0 Å². The van der Waals surface area contributed by atoms with Crippen LogP contribution in [0.4, 0.5) is 5.69 Å². The normalized spacial score (nSPS) is 11.4. The Morgan fingerprint density at radius 1 is 1.27 bits per heavy atom. The van der Waals surface area contributed by atoms with Gasteiger partial charge in [0.15, 0.2) is 5.88 Å². The lowest BCUT2D eigenvalue weighted by atomic mass is 10.2. The molecule has 0 aliphatic heterocycles. The van der Waals surface area contributed by atoms with Gasteiger partial charge in [0.2, 0.25) is 0 Å². The molecule has 0 unspecified atom stereocenters. The van der Waals surface area contributed by atoms with Crippen molar-refractivity contribution in [3.05, 3.63) is 52.5 Å². The largest absolute Gasteiger partial charge is 0.494 e. The van der Waals surface area contributed by atoms with Crippen LogP contribution in [0.2, 0.25) is 5.02 Å². The average Bonchev–Trinajstić information content (AvgIpc) is 2.83. The van der Waals surface area contributed by atoms with Crippen LogP contribution in [-0.4, -0.2) is 23.4 Å². The quantitative estimate of drug-likeness (QED) is 0.694. The van der Waals surface area contributed by atoms with Crippen LogP contribution in [0, 0.1) is 6.92 Å². The van der Waals surface area contributed by atoms with Gasteiger partial charge in [-0.1, -0.05) is 29.8 Å². The van der Waals surface area contributed by atoms with E-state index in [0.29, 0.717) is 22.0 Å². The molecule has 3 aromatic rings. The Balaban J connectivity index is 2.07. The summed E-state index contributed by atoms with van der Waals surface area (Å²) < 4.78 is 5.30. The molecule has 1 heterocycles. The minimum absolute atomic E-state index is 0.0922. The summed E-state index contributed by atoms with van der Waals surface area (Å²) in [5.41, 5.74) is 3.08. The molecule has 0 aliphatic carbocycles. The van der Waals surface area contributed by atoms with E-state index in [1.54, 1.807) is 19.4 Å². The number of aromatic hydroxyl groups is 1. The number of halogens is 1. The summed E-state index contributed by atoms with van der Waals surface area (Å²) in [6.07, 6.45) is 1.62. The van der Waals surface area contributed by atoms with E-state index in [2.05, 4.69) is 9.98 Å². The molecule has 4 nitrogen and oxygen atoms in total. The van der Waals surface area contributed by atoms with Crippen molar-refractivity contribution < 1.29 is 9.84 Å². The van der Waals surface area contributed by atoms with E-state index < -0.39 is 0 Å². The summed E-state index contributed by atoms with van der Waals surface area (Å²) in [6.45, 7) is 1.91. The fourth-order valence-corrected chi connectivity index (χ4v) is 2.48. The van der Waals surface area contributed by atoms with Gasteiger partial charge in [0, 0.05) is 28.2 Å². The highest BCUT2D eigenvalue weighted by Gasteiger charge is 2.09. The second-order valence-corrected chi connectivity index (χ2v) is 5.37. The Hall–Kier alpha value is -2.46. The summed E-state index contributed by atoms with van der Waals surface area (Å²) in [6, 6.07) is 11.2. The van der Waals surface area contributed by atoms with E-state index in [0.717, 1.165) is 16.5 Å². The molecular formula is C17H15ClN2O2. The Morgan fingerprint density at radius 2 is 2.05 bits per heavy atom. The number of aromatic nitrogens is 1. The molecule has 112 valence electrons. The molecule has 0 fully saturated rings. The van der Waals surface area contributed by atoms with Crippen LogP contribution in [0.5, 0.6) is 11.6 Å². The van der Waals surface area contributed by atoms with Crippen molar-refractivity contribution in [3.63, 3.8) is 0 Å². The Kier molecular flexibility index (Phi) is 3.77. The smallest absolute Gasteiger partial charge is 0.198 e. The maximum Gasteiger partial charge on any atom is 0.198 e. The molecule has 0 atom stereocenters. The molecule has 5 heteroatoms. The molecule has 0 saturated heterocycles. The number of para-hydroxylation sites is 1. The van der Waals surface area contributed by atoms with Gasteiger partial charge in [0.1, 0.15) is 11.4 Å². The van der Waals surface area contributed by atoms with Crippen LogP contribution in [-0.2, 0) is 0 Å². The molecule has 0 bridgehead atoms. The zero-order chi connectivity index (χ0) is 15.7. The van der Waals surface area contributed by atoms with Crippen LogP contribution in [0.3, 0.4) is 0 Å². The molecule has 2 aromatic carbocycles. The standard InChI is InChI=1S/C17H15ClN2O2/c1-10-7-15(16(22-2)8-13(10)18)19-9-12-11-5-3-4-6-14(11)20-17(12)21/h3-9,20-21H,1-2H3. The van der Waals surface area contributed by atoms with Crippen molar-refractivity contribution in [3.8, 4) is 11.6 Å². The highest BCUT2D eigenvalue weighted by molar-refractivity contribution is 6.31. The van der Waals surface area contributed by atoms with Crippen LogP contribution in [0.1, 0.15) is 11.1 Å². The van der Waals surface area contributed by atoms with Gasteiger partial charge in [0.25, 0.3) is 0 Å². The molecule has 0 spiro atoms. The molecule has 2 N–H and O–H groups in total. The number of rotatable bonds is 3. The number of fused-ring (bicyclic) bond motifs is 1. The second kappa shape index (κ2) is 5.73. The molecule has 0 saturated carbocycles. The van der Waals surface area contributed by atoms with Crippen molar-refractivity contribution in [1.29, 1.82) is 0 Å². The van der Waals surface area contributed by atoms with Gasteiger partial charge in [-0.3, -0.25) is 4.99 Å². The summed E-state index contributed by atoms with van der Waals surface area (Å²) in [4.78, 5) is 7.37. The summed E-state index contributed by atoms with van der Waals surface area (Å²) in [5.74, 6) is 0.681. The molecule has 3 rings (SSSR count). The number of methoxy groups -OCH3 is 1. The van der Waals surface area contributed by atoms with Gasteiger partial charge >= 0.3 is 0 Å². The number of H-pyrrole nitrogens is 1. The summed E-state index contributed by atoms with van der Waals surface area (Å²) >= 11 is 6.09. The number of nitrogens with one attached hydrogen (secondary N) is 1. The minimum Gasteiger partial charge on any atom is -0.494 e. The second-order valence-electron chi connectivity index (χ2n) is 4.96. The van der Waals surface area contributed by atoms with Gasteiger partial charge in [-0.2, -0.15) is 0 Å². The maximum absolute atomic E-state index is 10.0. The monoisotopic (exact) mass is 314 g/mol. The Morgan fingerprint density at radius 3 is 2.82 bits per heavy atom. The zero-order valence-corrected chi connectivity index (χ0v) is 13.0. The van der Waals surface area contributed by atoms with Crippen molar-refractivity contribution >= 4 is 34.4 Å². The SMILES string of the molecule is COc1cc(Cl)c(C)cc1N=Cc1c(O)[nH]c2ccccc12. The Bertz CT molecular complexity index is 868. The predicted molar refractivity (Wildman–Crippen MR) is 90.0 cm³/mol. The minimum atomic E-state index is 0.0922. The fraction of sp³-hybridized carbons (Fsp3) is 0.118. The van der Waals surface area contributed by atoms with E-state index in [1.165, 1.54) is 0 Å². The van der Waals surface area contributed by atoms with E-state index in [1.807, 2.05) is 37.3 Å². The van der Waals surface area contributed by atoms with Crippen molar-refractivity contribution in [1.82, 2.24) is 4.98 Å². The fourth-order valence-electron chi connectivity index (χ4n) is 2.33. The van der Waals surface area contributed by atoms with E-state index in [4.69, 9.17) is 16.3 Å². The number of nitrogens with zero attached hydrogens (tertiary/aromatic N) is 1. The molecule has 0 amide bonds. The summed E-state index contributed by atoms with van der Waals surface area (Å²) in [5, 5.41) is 11.6. The van der Waals surface area contributed by atoms with E-state index >= 15 is 0 Å². The lowest BCUT2D eigenvalue weighted by molar-refractivity contribution is 0.416. The molecule has 0 aliphatic rings. The number of ether oxygens (including phenoxy) is 1. The van der Waals surface area contributed by atoms with Crippen LogP contribution in [0.15, 0.2) is 41.4 Å². The number of aromatic amines is 1. The average molecular weight is 315 g/mol. The first-order valence-corrected chi connectivity index (χ1v) is 7.16. The lowest BCUT2D eigenvalue weighted by Crippen LogP contribution is -1.87. The highest BCUT2D eigenvalue weighted by Crippen LogP contribution is 2.34. The highest BCUT2D eigenvalue weighted by atomic mass is 35.5. The van der Waals surface area contributed by atoms with Crippen LogP contribution in [0.25, 0.3) is 10.9 Å². The molecule has 1 aromatic heterocycles. The molecule has 0 radical (unpaired) electrons. The number of benzene rings is 2. The van der Waals surface area contributed by atoms with Gasteiger partial charge in [-0.05, 0) is 24.6 Å². The van der Waals surface area contributed by atoms with Crippen molar-refractivity contribution in [2.75, 3.05) is 7.11 Å². The zero-order valence-electron chi connectivity index (χ0n) is 12.2. The number of aryl methyl sites for hydroxylation is 1. The number of hydrogen-bond donors (Lipinski definition) is 2. The summed E-state index contributed by atoms with van der Waals surface area (Å²) in [7, 11) is 1.57. The van der Waals surface area contributed by atoms with Crippen LogP contribution >= 0.6 is 11.6 Å². The molecule has 22 heavy (non-hydrogen) atoms. The van der Waals surface area contributed by atoms with E-state index in [-0.39, 0.29) is 5.88 Å². The topological polar surface area (TPSA) is 57.6 Å². The van der Waals surface area contributed by atoms with Crippen molar-refractivity contribution in [2.45, 2.75) is 6.92 Å². The first-order chi connectivity index (χ1) is 10.6. The van der Waals surface area contributed by atoms with Crippen molar-refractivity contribution in [2.24, 2.45) is 4.99 Å². The third-order valence-corrected chi connectivity index (χ3v) is 3.93. The molecular weight excluding hydrogens is 300 g/mol. The predicted octanol–water partition coefficient (Wildman–Crippen LogP) is 4.59. The van der Waals surface area contributed by atoms with Gasteiger partial charge in [-0.25, -0.2) is 0 Å². The first-order valence-electron chi connectivity index (χ1n) is 6.78. The van der Waals surface area contributed by atoms with Gasteiger partial charge in [0.05, 0.1) is 12.7 Å². The van der Waals surface area contributed by atoms with Gasteiger partial charge < -0.3 is 14.8 Å². The number of hydrogen-bond acceptors (Lipinski definition) is 3. The number of aliphatic imine (C=N–C) groups is 1. The van der Waals surface area contributed by atoms with E-state index in [9.17, 15) is 5.11 Å². The third kappa shape index (κ3) is 2.53. The third-order valence-electron chi connectivity index (χ3n) is 3.52. The van der Waals surface area contributed by atoms with Crippen LogP contribution < -0.4 is 4.74 Å². The maximum atomic E-state index is 10.0. The Labute approximate surface area is 133 Å².